The number of aliphatic carboxylic acids is 1. The van der Waals surface area contributed by atoms with Crippen molar-refractivity contribution in [3.8, 4) is 0 Å². The van der Waals surface area contributed by atoms with Crippen molar-refractivity contribution in [1.29, 1.82) is 0 Å². The van der Waals surface area contributed by atoms with Gasteiger partial charge in [-0.1, -0.05) is 6.92 Å². The van der Waals surface area contributed by atoms with Gasteiger partial charge in [-0.15, -0.1) is 0 Å². The number of β-amino-alcohol motifs (C(OH)–C–C–N with tert-alkyl or cyclic N) is 1. The van der Waals surface area contributed by atoms with Crippen LogP contribution in [0.4, 0.5) is 0 Å². The predicted octanol–water partition coefficient (Wildman–Crippen LogP) is 0.717. The highest BCUT2D eigenvalue weighted by molar-refractivity contribution is 5.85. The molecule has 1 saturated carbocycles. The van der Waals surface area contributed by atoms with E-state index in [1.807, 2.05) is 6.92 Å². The molecule has 2 aliphatic rings. The summed E-state index contributed by atoms with van der Waals surface area (Å²) in [4.78, 5) is 25.2. The molecular weight excluding hydrogens is 234 g/mol. The summed E-state index contributed by atoms with van der Waals surface area (Å²) in [5.41, 5.74) is 0. The summed E-state index contributed by atoms with van der Waals surface area (Å²) in [6, 6.07) is 0. The minimum Gasteiger partial charge on any atom is -0.481 e. The lowest BCUT2D eigenvalue weighted by Gasteiger charge is -2.32. The summed E-state index contributed by atoms with van der Waals surface area (Å²) in [7, 11) is 0. The van der Waals surface area contributed by atoms with Crippen molar-refractivity contribution in [2.75, 3.05) is 13.1 Å². The molecule has 1 amide bonds. The highest BCUT2D eigenvalue weighted by atomic mass is 16.4. The summed E-state index contributed by atoms with van der Waals surface area (Å²) in [6.45, 7) is 3.00. The fourth-order valence-electron chi connectivity index (χ4n) is 3.23. The van der Waals surface area contributed by atoms with Gasteiger partial charge in [-0.05, 0) is 31.6 Å². The first-order chi connectivity index (χ1) is 8.49. The molecule has 1 aliphatic carbocycles. The van der Waals surface area contributed by atoms with Crippen LogP contribution in [-0.4, -0.2) is 46.2 Å². The molecule has 2 fully saturated rings. The average Bonchev–Trinajstić information content (AvgIpc) is 2.70. The molecule has 18 heavy (non-hydrogen) atoms. The second-order valence-corrected chi connectivity index (χ2v) is 5.71. The third-order valence-corrected chi connectivity index (χ3v) is 4.14. The molecule has 1 saturated heterocycles. The smallest absolute Gasteiger partial charge is 0.307 e. The Morgan fingerprint density at radius 3 is 2.50 bits per heavy atom. The molecule has 1 unspecified atom stereocenters. The van der Waals surface area contributed by atoms with Crippen LogP contribution in [0.1, 0.15) is 32.6 Å². The number of amides is 1. The standard InChI is InChI=1S/C13H21NO4/c1-8-5-10(11(6-8)13(17)18)12(16)14-4-2-3-9(15)7-14/h8-11,15H,2-7H2,1H3,(H,17,18)/t8?,9-,10-,11+/m0/s1. The molecule has 1 heterocycles. The van der Waals surface area contributed by atoms with Crippen LogP contribution in [0.2, 0.25) is 0 Å². The fraction of sp³-hybridized carbons (Fsp3) is 0.846. The van der Waals surface area contributed by atoms with Crippen molar-refractivity contribution in [1.82, 2.24) is 4.90 Å². The van der Waals surface area contributed by atoms with Crippen LogP contribution < -0.4 is 0 Å². The molecule has 2 N–H and O–H groups in total. The highest BCUT2D eigenvalue weighted by Crippen LogP contribution is 2.37. The number of carboxylic acid groups (broad SMARTS) is 1. The SMILES string of the molecule is CC1C[C@H](C(=O)N2CCC[C@H](O)C2)[C@H](C(=O)O)C1. The van der Waals surface area contributed by atoms with Crippen molar-refractivity contribution >= 4 is 11.9 Å². The van der Waals surface area contributed by atoms with Crippen molar-refractivity contribution in [2.45, 2.75) is 38.7 Å². The minimum atomic E-state index is -0.866. The summed E-state index contributed by atoms with van der Waals surface area (Å²) in [6.07, 6.45) is 2.31. The second kappa shape index (κ2) is 5.26. The van der Waals surface area contributed by atoms with Gasteiger partial charge in [-0.25, -0.2) is 0 Å². The summed E-state index contributed by atoms with van der Waals surface area (Å²) in [5.74, 6) is -1.61. The van der Waals surface area contributed by atoms with Crippen molar-refractivity contribution in [2.24, 2.45) is 17.8 Å². The van der Waals surface area contributed by atoms with E-state index in [-0.39, 0.29) is 11.8 Å². The average molecular weight is 255 g/mol. The Bertz CT molecular complexity index is 344. The number of piperidine rings is 1. The Hall–Kier alpha value is -1.10. The van der Waals surface area contributed by atoms with Crippen LogP contribution in [0.15, 0.2) is 0 Å². The predicted molar refractivity (Wildman–Crippen MR) is 64.8 cm³/mol. The molecule has 0 aromatic carbocycles. The van der Waals surface area contributed by atoms with Gasteiger partial charge in [0, 0.05) is 13.1 Å². The van der Waals surface area contributed by atoms with E-state index in [4.69, 9.17) is 0 Å². The summed E-state index contributed by atoms with van der Waals surface area (Å²) >= 11 is 0. The lowest BCUT2D eigenvalue weighted by Crippen LogP contribution is -2.46. The van der Waals surface area contributed by atoms with Crippen molar-refractivity contribution < 1.29 is 19.8 Å². The molecule has 0 bridgehead atoms. The minimum absolute atomic E-state index is 0.0782. The van der Waals surface area contributed by atoms with Gasteiger partial charge >= 0.3 is 5.97 Å². The lowest BCUT2D eigenvalue weighted by atomic mass is 9.93. The maximum absolute atomic E-state index is 12.4. The Morgan fingerprint density at radius 2 is 1.89 bits per heavy atom. The molecule has 1 aliphatic heterocycles. The van der Waals surface area contributed by atoms with Gasteiger partial charge in [0.05, 0.1) is 17.9 Å². The van der Waals surface area contributed by atoms with Crippen LogP contribution >= 0.6 is 0 Å². The van der Waals surface area contributed by atoms with Crippen molar-refractivity contribution in [3.63, 3.8) is 0 Å². The molecular formula is C13H21NO4. The first-order valence-electron chi connectivity index (χ1n) is 6.68. The Balaban J connectivity index is 2.05. The van der Waals surface area contributed by atoms with Gasteiger partial charge < -0.3 is 15.1 Å². The van der Waals surface area contributed by atoms with Crippen molar-refractivity contribution in [3.05, 3.63) is 0 Å². The molecule has 0 radical (unpaired) electrons. The largest absolute Gasteiger partial charge is 0.481 e. The number of hydrogen-bond acceptors (Lipinski definition) is 3. The lowest BCUT2D eigenvalue weighted by molar-refractivity contribution is -0.150. The normalized spacial score (nSPS) is 36.7. The zero-order chi connectivity index (χ0) is 13.3. The monoisotopic (exact) mass is 255 g/mol. The Labute approximate surface area is 107 Å². The van der Waals surface area contributed by atoms with E-state index in [1.165, 1.54) is 0 Å². The van der Waals surface area contributed by atoms with Crippen LogP contribution in [0, 0.1) is 17.8 Å². The fourth-order valence-corrected chi connectivity index (χ4v) is 3.23. The van der Waals surface area contributed by atoms with Gasteiger partial charge in [0.2, 0.25) is 5.91 Å². The molecule has 5 nitrogen and oxygen atoms in total. The van der Waals surface area contributed by atoms with E-state index >= 15 is 0 Å². The van der Waals surface area contributed by atoms with Crippen LogP contribution in [-0.2, 0) is 9.59 Å². The zero-order valence-corrected chi connectivity index (χ0v) is 10.7. The van der Waals surface area contributed by atoms with Crippen LogP contribution in [0.5, 0.6) is 0 Å². The zero-order valence-electron chi connectivity index (χ0n) is 10.7. The first-order valence-corrected chi connectivity index (χ1v) is 6.68. The first kappa shape index (κ1) is 13.3. The maximum atomic E-state index is 12.4. The number of aliphatic hydroxyl groups is 1. The number of carbonyl (C=O) groups excluding carboxylic acids is 1. The van der Waals surface area contributed by atoms with Gasteiger partial charge in [0.15, 0.2) is 0 Å². The number of carboxylic acids is 1. The van der Waals surface area contributed by atoms with Gasteiger partial charge in [-0.2, -0.15) is 0 Å². The van der Waals surface area contributed by atoms with Gasteiger partial charge in [0.1, 0.15) is 0 Å². The Kier molecular flexibility index (Phi) is 3.90. The third kappa shape index (κ3) is 2.66. The molecule has 0 aromatic heterocycles. The quantitative estimate of drug-likeness (QED) is 0.762. The number of aliphatic hydroxyl groups excluding tert-OH is 1. The molecule has 0 spiro atoms. The number of carbonyl (C=O) groups is 2. The number of nitrogens with zero attached hydrogens (tertiary/aromatic N) is 1. The second-order valence-electron chi connectivity index (χ2n) is 5.71. The number of likely N-dealkylation sites (tertiary alicyclic amines) is 1. The van der Waals surface area contributed by atoms with E-state index in [9.17, 15) is 19.8 Å². The van der Waals surface area contributed by atoms with Gasteiger partial charge in [0.25, 0.3) is 0 Å². The maximum Gasteiger partial charge on any atom is 0.307 e. The highest BCUT2D eigenvalue weighted by Gasteiger charge is 2.43. The van der Waals surface area contributed by atoms with E-state index in [1.54, 1.807) is 4.90 Å². The van der Waals surface area contributed by atoms with E-state index < -0.39 is 23.9 Å². The van der Waals surface area contributed by atoms with E-state index in [2.05, 4.69) is 0 Å². The van der Waals surface area contributed by atoms with Crippen LogP contribution in [0.25, 0.3) is 0 Å². The number of rotatable bonds is 2. The topological polar surface area (TPSA) is 77.8 Å². The van der Waals surface area contributed by atoms with Gasteiger partial charge in [-0.3, -0.25) is 9.59 Å². The molecule has 0 aromatic rings. The van der Waals surface area contributed by atoms with E-state index in [0.29, 0.717) is 25.9 Å². The summed E-state index contributed by atoms with van der Waals surface area (Å²) < 4.78 is 0. The Morgan fingerprint density at radius 1 is 1.22 bits per heavy atom. The number of hydrogen-bond donors (Lipinski definition) is 2. The van der Waals surface area contributed by atoms with Crippen LogP contribution in [0.3, 0.4) is 0 Å². The third-order valence-electron chi connectivity index (χ3n) is 4.14. The molecule has 5 heteroatoms. The molecule has 102 valence electrons. The molecule has 2 rings (SSSR count). The molecule has 4 atom stereocenters. The van der Waals surface area contributed by atoms with E-state index in [0.717, 1.165) is 12.8 Å². The summed E-state index contributed by atoms with van der Waals surface area (Å²) in [5, 5.41) is 18.8.